The predicted molar refractivity (Wildman–Crippen MR) is 70.6 cm³/mol. The summed E-state index contributed by atoms with van der Waals surface area (Å²) in [5, 5.41) is 9.02. The fourth-order valence-electron chi connectivity index (χ4n) is 1.97. The molecule has 0 unspecified atom stereocenters. The van der Waals surface area contributed by atoms with E-state index < -0.39 is 0 Å². The van der Waals surface area contributed by atoms with Crippen molar-refractivity contribution in [3.8, 4) is 11.1 Å². The molecular formula is C15H17NO. The van der Waals surface area contributed by atoms with E-state index in [4.69, 9.17) is 10.8 Å². The van der Waals surface area contributed by atoms with Crippen LogP contribution in [0.25, 0.3) is 11.1 Å². The summed E-state index contributed by atoms with van der Waals surface area (Å²) in [6, 6.07) is 16.3. The summed E-state index contributed by atoms with van der Waals surface area (Å²) in [5.74, 6) is 0. The quantitative estimate of drug-likeness (QED) is 0.842. The summed E-state index contributed by atoms with van der Waals surface area (Å²) in [6.45, 7) is 0.746. The van der Waals surface area contributed by atoms with E-state index >= 15 is 0 Å². The van der Waals surface area contributed by atoms with Gasteiger partial charge in [-0.05, 0) is 35.2 Å². The second kappa shape index (κ2) is 5.62. The van der Waals surface area contributed by atoms with E-state index in [0.717, 1.165) is 12.0 Å². The normalized spacial score (nSPS) is 10.5. The van der Waals surface area contributed by atoms with Crippen molar-refractivity contribution >= 4 is 0 Å². The first kappa shape index (κ1) is 11.8. The highest BCUT2D eigenvalue weighted by Crippen LogP contribution is 2.24. The summed E-state index contributed by atoms with van der Waals surface area (Å²) in [5.41, 5.74) is 10.2. The van der Waals surface area contributed by atoms with Crippen LogP contribution in [0, 0.1) is 0 Å². The lowest BCUT2D eigenvalue weighted by Crippen LogP contribution is -2.03. The van der Waals surface area contributed by atoms with Gasteiger partial charge in [0, 0.05) is 0 Å². The predicted octanol–water partition coefficient (Wildman–Crippen LogP) is 2.35. The Morgan fingerprint density at radius 1 is 0.941 bits per heavy atom. The average molecular weight is 227 g/mol. The highest BCUT2D eigenvalue weighted by Gasteiger charge is 2.03. The molecule has 0 aliphatic heterocycles. The molecule has 0 fully saturated rings. The molecule has 0 amide bonds. The first-order valence-corrected chi connectivity index (χ1v) is 5.83. The standard InChI is InChI=1S/C15H17NO/c16-10-9-13-3-1-2-4-15(13)14-7-5-12(11-17)6-8-14/h1-8,17H,9-11,16H2. The SMILES string of the molecule is NCCc1ccccc1-c1ccc(CO)cc1. The monoisotopic (exact) mass is 227 g/mol. The van der Waals surface area contributed by atoms with Crippen LogP contribution in [0.2, 0.25) is 0 Å². The van der Waals surface area contributed by atoms with Gasteiger partial charge in [0.05, 0.1) is 6.61 Å². The molecule has 3 N–H and O–H groups in total. The maximum Gasteiger partial charge on any atom is 0.0681 e. The molecule has 0 bridgehead atoms. The smallest absolute Gasteiger partial charge is 0.0681 e. The third-order valence-electron chi connectivity index (χ3n) is 2.88. The van der Waals surface area contributed by atoms with Gasteiger partial charge in [-0.3, -0.25) is 0 Å². The van der Waals surface area contributed by atoms with Crippen molar-refractivity contribution < 1.29 is 5.11 Å². The van der Waals surface area contributed by atoms with Crippen LogP contribution >= 0.6 is 0 Å². The second-order valence-electron chi connectivity index (χ2n) is 4.05. The molecule has 2 aromatic rings. The molecule has 0 heterocycles. The van der Waals surface area contributed by atoms with Crippen LogP contribution in [0.3, 0.4) is 0 Å². The lowest BCUT2D eigenvalue weighted by Gasteiger charge is -2.09. The van der Waals surface area contributed by atoms with Crippen LogP contribution in [0.1, 0.15) is 11.1 Å². The molecule has 0 aliphatic rings. The molecule has 0 saturated heterocycles. The van der Waals surface area contributed by atoms with Crippen LogP contribution in [0.4, 0.5) is 0 Å². The van der Waals surface area contributed by atoms with Gasteiger partial charge >= 0.3 is 0 Å². The van der Waals surface area contributed by atoms with E-state index in [1.807, 2.05) is 36.4 Å². The van der Waals surface area contributed by atoms with Crippen LogP contribution in [0.5, 0.6) is 0 Å². The Morgan fingerprint density at radius 2 is 1.65 bits per heavy atom. The summed E-state index contributed by atoms with van der Waals surface area (Å²) >= 11 is 0. The topological polar surface area (TPSA) is 46.2 Å². The number of hydrogen-bond acceptors (Lipinski definition) is 2. The number of rotatable bonds is 4. The highest BCUT2D eigenvalue weighted by molar-refractivity contribution is 5.67. The molecule has 2 rings (SSSR count). The van der Waals surface area contributed by atoms with Gasteiger partial charge in [0.25, 0.3) is 0 Å². The number of nitrogens with two attached hydrogens (primary N) is 1. The summed E-state index contributed by atoms with van der Waals surface area (Å²) in [7, 11) is 0. The minimum atomic E-state index is 0.0880. The third-order valence-corrected chi connectivity index (χ3v) is 2.88. The fourth-order valence-corrected chi connectivity index (χ4v) is 1.97. The van der Waals surface area contributed by atoms with Crippen molar-refractivity contribution in [2.45, 2.75) is 13.0 Å². The number of benzene rings is 2. The Hall–Kier alpha value is -1.64. The maximum atomic E-state index is 9.02. The van der Waals surface area contributed by atoms with Crippen molar-refractivity contribution in [1.29, 1.82) is 0 Å². The minimum Gasteiger partial charge on any atom is -0.392 e. The Labute approximate surface area is 102 Å². The Bertz CT molecular complexity index is 477. The first-order chi connectivity index (χ1) is 8.35. The molecule has 17 heavy (non-hydrogen) atoms. The molecule has 2 aromatic carbocycles. The van der Waals surface area contributed by atoms with Gasteiger partial charge in [0.15, 0.2) is 0 Å². The zero-order chi connectivity index (χ0) is 12.1. The Morgan fingerprint density at radius 3 is 2.29 bits per heavy atom. The van der Waals surface area contributed by atoms with Gasteiger partial charge in [-0.1, -0.05) is 48.5 Å². The summed E-state index contributed by atoms with van der Waals surface area (Å²) in [6.07, 6.45) is 0.887. The number of aliphatic hydroxyl groups excluding tert-OH is 1. The van der Waals surface area contributed by atoms with Gasteiger partial charge in [-0.15, -0.1) is 0 Å². The van der Waals surface area contributed by atoms with E-state index in [-0.39, 0.29) is 6.61 Å². The Kier molecular flexibility index (Phi) is 3.91. The van der Waals surface area contributed by atoms with Crippen molar-refractivity contribution in [3.63, 3.8) is 0 Å². The largest absolute Gasteiger partial charge is 0.392 e. The zero-order valence-electron chi connectivity index (χ0n) is 9.76. The van der Waals surface area contributed by atoms with Crippen molar-refractivity contribution in [1.82, 2.24) is 0 Å². The van der Waals surface area contributed by atoms with E-state index in [2.05, 4.69) is 12.1 Å². The van der Waals surface area contributed by atoms with E-state index in [0.29, 0.717) is 6.54 Å². The molecule has 2 heteroatoms. The maximum absolute atomic E-state index is 9.02. The summed E-state index contributed by atoms with van der Waals surface area (Å²) in [4.78, 5) is 0. The van der Waals surface area contributed by atoms with E-state index in [1.165, 1.54) is 16.7 Å². The van der Waals surface area contributed by atoms with Gasteiger partial charge in [0.1, 0.15) is 0 Å². The molecule has 0 aliphatic carbocycles. The second-order valence-corrected chi connectivity index (χ2v) is 4.05. The molecule has 0 aromatic heterocycles. The molecular weight excluding hydrogens is 210 g/mol. The molecule has 88 valence electrons. The Balaban J connectivity index is 2.37. The molecule has 0 saturated carbocycles. The molecule has 0 radical (unpaired) electrons. The minimum absolute atomic E-state index is 0.0880. The average Bonchev–Trinajstić information content (AvgIpc) is 2.40. The molecule has 0 spiro atoms. The van der Waals surface area contributed by atoms with Crippen LogP contribution in [0.15, 0.2) is 48.5 Å². The van der Waals surface area contributed by atoms with Gasteiger partial charge in [0.2, 0.25) is 0 Å². The summed E-state index contributed by atoms with van der Waals surface area (Å²) < 4.78 is 0. The van der Waals surface area contributed by atoms with Crippen LogP contribution in [-0.2, 0) is 13.0 Å². The van der Waals surface area contributed by atoms with E-state index in [1.54, 1.807) is 0 Å². The molecule has 0 atom stereocenters. The third kappa shape index (κ3) is 2.73. The van der Waals surface area contributed by atoms with Crippen LogP contribution < -0.4 is 5.73 Å². The first-order valence-electron chi connectivity index (χ1n) is 5.83. The molecule has 2 nitrogen and oxygen atoms in total. The van der Waals surface area contributed by atoms with Crippen LogP contribution in [-0.4, -0.2) is 11.7 Å². The van der Waals surface area contributed by atoms with Crippen molar-refractivity contribution in [2.24, 2.45) is 5.73 Å². The lowest BCUT2D eigenvalue weighted by atomic mass is 9.97. The van der Waals surface area contributed by atoms with E-state index in [9.17, 15) is 0 Å². The fraction of sp³-hybridized carbons (Fsp3) is 0.200. The highest BCUT2D eigenvalue weighted by atomic mass is 16.3. The zero-order valence-corrected chi connectivity index (χ0v) is 9.76. The lowest BCUT2D eigenvalue weighted by molar-refractivity contribution is 0.282. The number of hydrogen-bond donors (Lipinski definition) is 2. The van der Waals surface area contributed by atoms with Gasteiger partial charge in [-0.25, -0.2) is 0 Å². The van der Waals surface area contributed by atoms with Crippen molar-refractivity contribution in [2.75, 3.05) is 6.54 Å². The van der Waals surface area contributed by atoms with Gasteiger partial charge in [-0.2, -0.15) is 0 Å². The number of aliphatic hydroxyl groups is 1. The van der Waals surface area contributed by atoms with Gasteiger partial charge < -0.3 is 10.8 Å². The van der Waals surface area contributed by atoms with Crippen molar-refractivity contribution in [3.05, 3.63) is 59.7 Å².